The lowest BCUT2D eigenvalue weighted by Gasteiger charge is -2.32. The van der Waals surface area contributed by atoms with Crippen molar-refractivity contribution in [3.63, 3.8) is 0 Å². The van der Waals surface area contributed by atoms with Crippen molar-refractivity contribution in [2.45, 2.75) is 89.5 Å². The molecule has 1 amide bonds. The SMILES string of the molecule is CCCCc1cc(CC)cc2c1CCC[C@@H]2NC[C@@H](S)[C@H](Cc1cc(F)cc(F)c1)NC(C)=O. The van der Waals surface area contributed by atoms with Crippen LogP contribution in [0.3, 0.4) is 0 Å². The van der Waals surface area contributed by atoms with Crippen LogP contribution in [0.5, 0.6) is 0 Å². The third kappa shape index (κ3) is 7.29. The van der Waals surface area contributed by atoms with E-state index in [1.54, 1.807) is 0 Å². The number of fused-ring (bicyclic) bond motifs is 1. The second-order valence-corrected chi connectivity index (χ2v) is 10.2. The van der Waals surface area contributed by atoms with Crippen LogP contribution in [0.1, 0.15) is 80.3 Å². The van der Waals surface area contributed by atoms with Crippen molar-refractivity contribution in [1.29, 1.82) is 0 Å². The summed E-state index contributed by atoms with van der Waals surface area (Å²) in [5.41, 5.74) is 6.28. The number of halogens is 2. The molecule has 0 fully saturated rings. The molecule has 0 aliphatic heterocycles. The first-order valence-corrected chi connectivity index (χ1v) is 13.1. The van der Waals surface area contributed by atoms with Crippen molar-refractivity contribution in [3.05, 3.63) is 69.8 Å². The van der Waals surface area contributed by atoms with Crippen molar-refractivity contribution in [1.82, 2.24) is 10.6 Å². The van der Waals surface area contributed by atoms with Gasteiger partial charge in [0.15, 0.2) is 0 Å². The summed E-state index contributed by atoms with van der Waals surface area (Å²) in [5.74, 6) is -1.42. The predicted octanol–water partition coefficient (Wildman–Crippen LogP) is 5.88. The summed E-state index contributed by atoms with van der Waals surface area (Å²) in [5, 5.41) is 6.41. The Morgan fingerprint density at radius 3 is 2.50 bits per heavy atom. The van der Waals surface area contributed by atoms with E-state index in [2.05, 4.69) is 36.6 Å². The molecule has 186 valence electrons. The molecule has 0 spiro atoms. The average Bonchev–Trinajstić information content (AvgIpc) is 2.79. The second kappa shape index (κ2) is 12.7. The molecule has 3 rings (SSSR count). The van der Waals surface area contributed by atoms with E-state index >= 15 is 0 Å². The van der Waals surface area contributed by atoms with Crippen LogP contribution in [0, 0.1) is 11.6 Å². The fourth-order valence-electron chi connectivity index (χ4n) is 5.02. The summed E-state index contributed by atoms with van der Waals surface area (Å²) in [7, 11) is 0. The maximum Gasteiger partial charge on any atom is 0.217 e. The van der Waals surface area contributed by atoms with Gasteiger partial charge in [-0.15, -0.1) is 0 Å². The molecule has 0 bridgehead atoms. The number of nitrogens with one attached hydrogen (secondary N) is 2. The van der Waals surface area contributed by atoms with Gasteiger partial charge in [0.05, 0.1) is 0 Å². The van der Waals surface area contributed by atoms with Crippen LogP contribution in [-0.2, 0) is 30.5 Å². The normalized spacial score (nSPS) is 17.2. The topological polar surface area (TPSA) is 41.1 Å². The van der Waals surface area contributed by atoms with Gasteiger partial charge in [-0.05, 0) is 84.9 Å². The van der Waals surface area contributed by atoms with Crippen LogP contribution in [0.15, 0.2) is 30.3 Å². The molecular formula is C28H38F2N2OS. The molecule has 3 atom stereocenters. The lowest BCUT2D eigenvalue weighted by atomic mass is 9.82. The Kier molecular flexibility index (Phi) is 9.96. The summed E-state index contributed by atoms with van der Waals surface area (Å²) in [6, 6.07) is 8.13. The number of hydrogen-bond acceptors (Lipinski definition) is 3. The second-order valence-electron chi connectivity index (χ2n) is 9.49. The average molecular weight is 489 g/mol. The highest BCUT2D eigenvalue weighted by molar-refractivity contribution is 7.81. The Labute approximate surface area is 208 Å². The van der Waals surface area contributed by atoms with Gasteiger partial charge in [-0.3, -0.25) is 4.79 Å². The molecule has 3 nitrogen and oxygen atoms in total. The molecule has 0 heterocycles. The Morgan fingerprint density at radius 1 is 1.12 bits per heavy atom. The minimum absolute atomic E-state index is 0.183. The van der Waals surface area contributed by atoms with Crippen LogP contribution in [0.2, 0.25) is 0 Å². The van der Waals surface area contributed by atoms with Crippen molar-refractivity contribution < 1.29 is 13.6 Å². The van der Waals surface area contributed by atoms with Gasteiger partial charge >= 0.3 is 0 Å². The molecule has 1 aliphatic carbocycles. The van der Waals surface area contributed by atoms with Crippen molar-refractivity contribution in [2.24, 2.45) is 0 Å². The highest BCUT2D eigenvalue weighted by Gasteiger charge is 2.26. The van der Waals surface area contributed by atoms with E-state index in [0.29, 0.717) is 18.5 Å². The molecule has 0 aromatic heterocycles. The van der Waals surface area contributed by atoms with Crippen LogP contribution in [-0.4, -0.2) is 23.7 Å². The number of benzene rings is 2. The first-order valence-electron chi connectivity index (χ1n) is 12.6. The van der Waals surface area contributed by atoms with Gasteiger partial charge in [0.25, 0.3) is 0 Å². The number of carbonyl (C=O) groups is 1. The van der Waals surface area contributed by atoms with E-state index in [0.717, 1.165) is 38.2 Å². The lowest BCUT2D eigenvalue weighted by molar-refractivity contribution is -0.119. The number of aryl methyl sites for hydroxylation is 2. The largest absolute Gasteiger partial charge is 0.352 e. The number of unbranched alkanes of at least 4 members (excludes halogenated alkanes) is 1. The van der Waals surface area contributed by atoms with Gasteiger partial charge in [0, 0.05) is 36.9 Å². The van der Waals surface area contributed by atoms with Crippen LogP contribution >= 0.6 is 12.6 Å². The maximum absolute atomic E-state index is 13.7. The zero-order valence-electron chi connectivity index (χ0n) is 20.6. The predicted molar refractivity (Wildman–Crippen MR) is 139 cm³/mol. The van der Waals surface area contributed by atoms with Gasteiger partial charge in [0.2, 0.25) is 5.91 Å². The molecule has 2 N–H and O–H groups in total. The number of rotatable bonds is 11. The van der Waals surface area contributed by atoms with E-state index in [9.17, 15) is 13.6 Å². The summed E-state index contributed by atoms with van der Waals surface area (Å²) in [6.07, 6.45) is 8.18. The molecule has 0 saturated heterocycles. The summed E-state index contributed by atoms with van der Waals surface area (Å²) < 4.78 is 27.4. The summed E-state index contributed by atoms with van der Waals surface area (Å²) >= 11 is 4.79. The molecule has 1 aliphatic rings. The molecule has 6 heteroatoms. The molecule has 2 aromatic carbocycles. The third-order valence-electron chi connectivity index (χ3n) is 6.74. The summed E-state index contributed by atoms with van der Waals surface area (Å²) in [4.78, 5) is 11.8. The minimum atomic E-state index is -0.616. The zero-order valence-corrected chi connectivity index (χ0v) is 21.5. The highest BCUT2D eigenvalue weighted by Crippen LogP contribution is 2.34. The standard InChI is InChI=1S/C28H38F2N2OS/c1-4-6-8-21-11-19(5-2)14-25-24(21)9-7-10-26(25)31-17-28(34)27(32-18(3)33)15-20-12-22(29)16-23(30)13-20/h11-14,16,26-28,31,34H,4-10,15,17H2,1-3H3,(H,32,33)/t26-,27-,28+/m0/s1. The Bertz CT molecular complexity index is 961. The molecule has 2 aromatic rings. The lowest BCUT2D eigenvalue weighted by Crippen LogP contribution is -2.46. The van der Waals surface area contributed by atoms with Crippen LogP contribution in [0.4, 0.5) is 8.78 Å². The third-order valence-corrected chi connectivity index (χ3v) is 7.29. The van der Waals surface area contributed by atoms with Crippen molar-refractivity contribution >= 4 is 18.5 Å². The molecular weight excluding hydrogens is 450 g/mol. The van der Waals surface area contributed by atoms with E-state index in [1.807, 2.05) is 0 Å². The van der Waals surface area contributed by atoms with E-state index in [-0.39, 0.29) is 23.2 Å². The summed E-state index contributed by atoms with van der Waals surface area (Å²) in [6.45, 7) is 6.47. The minimum Gasteiger partial charge on any atom is -0.352 e. The first-order chi connectivity index (χ1) is 16.3. The van der Waals surface area contributed by atoms with E-state index in [1.165, 1.54) is 54.2 Å². The molecule has 0 radical (unpaired) electrons. The zero-order chi connectivity index (χ0) is 24.7. The fraction of sp³-hybridized carbons (Fsp3) is 0.536. The molecule has 0 unspecified atom stereocenters. The number of amides is 1. The van der Waals surface area contributed by atoms with E-state index < -0.39 is 11.6 Å². The number of carbonyl (C=O) groups excluding carboxylic acids is 1. The Hall–Kier alpha value is -1.92. The van der Waals surface area contributed by atoms with Crippen molar-refractivity contribution in [3.8, 4) is 0 Å². The van der Waals surface area contributed by atoms with Gasteiger partial charge in [-0.2, -0.15) is 12.6 Å². The Morgan fingerprint density at radius 2 is 1.85 bits per heavy atom. The van der Waals surface area contributed by atoms with Crippen LogP contribution in [0.25, 0.3) is 0 Å². The van der Waals surface area contributed by atoms with Gasteiger partial charge < -0.3 is 10.6 Å². The number of thiol groups is 1. The fourth-order valence-corrected chi connectivity index (χ4v) is 5.30. The Balaban J connectivity index is 1.74. The molecule has 0 saturated carbocycles. The van der Waals surface area contributed by atoms with Crippen LogP contribution < -0.4 is 10.6 Å². The quantitative estimate of drug-likeness (QED) is 0.346. The van der Waals surface area contributed by atoms with Gasteiger partial charge in [0.1, 0.15) is 11.6 Å². The smallest absolute Gasteiger partial charge is 0.217 e. The highest BCUT2D eigenvalue weighted by atomic mass is 32.1. The molecule has 34 heavy (non-hydrogen) atoms. The maximum atomic E-state index is 13.7. The van der Waals surface area contributed by atoms with E-state index in [4.69, 9.17) is 12.6 Å². The van der Waals surface area contributed by atoms with Gasteiger partial charge in [-0.25, -0.2) is 8.78 Å². The number of hydrogen-bond donors (Lipinski definition) is 3. The van der Waals surface area contributed by atoms with Crippen molar-refractivity contribution in [2.75, 3.05) is 6.54 Å². The monoisotopic (exact) mass is 488 g/mol. The first kappa shape index (κ1) is 26.7. The van der Waals surface area contributed by atoms with Gasteiger partial charge in [-0.1, -0.05) is 32.4 Å².